The molecule has 4 aromatic rings. The Bertz CT molecular complexity index is 1070. The fourth-order valence-corrected chi connectivity index (χ4v) is 2.69. The van der Waals surface area contributed by atoms with Crippen LogP contribution in [0.15, 0.2) is 89.0 Å². The van der Waals surface area contributed by atoms with E-state index in [1.807, 2.05) is 78.9 Å². The van der Waals surface area contributed by atoms with Crippen molar-refractivity contribution in [2.45, 2.75) is 6.92 Å². The van der Waals surface area contributed by atoms with Crippen molar-refractivity contribution in [2.24, 2.45) is 10.1 Å². The van der Waals surface area contributed by atoms with Gasteiger partial charge in [-0.2, -0.15) is 5.10 Å². The molecule has 6 heteroatoms. The van der Waals surface area contributed by atoms with Gasteiger partial charge in [0.15, 0.2) is 11.7 Å². The molecule has 0 saturated heterocycles. The molecule has 0 unspecified atom stereocenters. The van der Waals surface area contributed by atoms with E-state index < -0.39 is 0 Å². The monoisotopic (exact) mass is 389 g/mol. The Balaban J connectivity index is 0.00000225. The lowest BCUT2D eigenvalue weighted by atomic mass is 10.2. The highest BCUT2D eigenvalue weighted by Gasteiger charge is 2.03. The number of H-pyrrole nitrogens is 1. The van der Waals surface area contributed by atoms with Crippen molar-refractivity contribution >= 4 is 41.2 Å². The first-order valence-electron chi connectivity index (χ1n) is 8.72. The molecule has 3 aromatic carbocycles. The number of halogens is 1. The maximum absolute atomic E-state index is 4.71. The number of hydrogen-bond acceptors (Lipinski definition) is 3. The number of aliphatic imine (C=N–C) groups is 1. The summed E-state index contributed by atoms with van der Waals surface area (Å²) in [7, 11) is 0. The van der Waals surface area contributed by atoms with Gasteiger partial charge in [-0.3, -0.25) is 5.43 Å². The van der Waals surface area contributed by atoms with Crippen molar-refractivity contribution in [1.29, 1.82) is 0 Å². The van der Waals surface area contributed by atoms with E-state index in [-0.39, 0.29) is 12.4 Å². The molecule has 0 spiro atoms. The summed E-state index contributed by atoms with van der Waals surface area (Å²) in [6, 6.07) is 25.9. The molecule has 0 aliphatic rings. The number of benzene rings is 3. The standard InChI is InChI=1S/C22H19N5.ClH/c1-16-11-13-18(14-12-16)24-22(17-7-3-2-4-8-17)27-23-15-21-25-19-9-5-6-10-20(19)26-21;/h2-15H,1H3,(H,24,27)(H,25,26);1H/b23-15+;. The predicted molar refractivity (Wildman–Crippen MR) is 118 cm³/mol. The van der Waals surface area contributed by atoms with Gasteiger partial charge in [0.05, 0.1) is 22.9 Å². The number of aromatic amines is 1. The Morgan fingerprint density at radius 1 is 0.929 bits per heavy atom. The quantitative estimate of drug-likeness (QED) is 0.293. The Morgan fingerprint density at radius 2 is 1.64 bits per heavy atom. The van der Waals surface area contributed by atoms with Crippen LogP contribution >= 0.6 is 12.4 Å². The molecule has 1 aromatic heterocycles. The summed E-state index contributed by atoms with van der Waals surface area (Å²) in [5.74, 6) is 1.36. The Hall–Kier alpha value is -3.44. The van der Waals surface area contributed by atoms with Gasteiger partial charge in [0.2, 0.25) is 0 Å². The van der Waals surface area contributed by atoms with Crippen molar-refractivity contribution in [2.75, 3.05) is 0 Å². The van der Waals surface area contributed by atoms with Crippen molar-refractivity contribution < 1.29 is 0 Å². The van der Waals surface area contributed by atoms with Crippen LogP contribution in [0.1, 0.15) is 17.0 Å². The molecule has 0 bridgehead atoms. The van der Waals surface area contributed by atoms with Crippen LogP contribution in [-0.2, 0) is 0 Å². The van der Waals surface area contributed by atoms with Crippen LogP contribution in [0.5, 0.6) is 0 Å². The number of rotatable bonds is 4. The molecule has 5 nitrogen and oxygen atoms in total. The summed E-state index contributed by atoms with van der Waals surface area (Å²) in [5.41, 5.74) is 7.97. The van der Waals surface area contributed by atoms with E-state index in [1.165, 1.54) is 5.56 Å². The van der Waals surface area contributed by atoms with E-state index in [1.54, 1.807) is 6.21 Å². The molecule has 1 heterocycles. The van der Waals surface area contributed by atoms with Gasteiger partial charge >= 0.3 is 0 Å². The molecule has 0 radical (unpaired) electrons. The van der Waals surface area contributed by atoms with Gasteiger partial charge in [-0.1, -0.05) is 60.2 Å². The highest BCUT2D eigenvalue weighted by Crippen LogP contribution is 2.14. The first kappa shape index (κ1) is 19.3. The van der Waals surface area contributed by atoms with Gasteiger partial charge in [0.25, 0.3) is 0 Å². The minimum Gasteiger partial charge on any atom is -0.337 e. The van der Waals surface area contributed by atoms with E-state index in [4.69, 9.17) is 4.99 Å². The Morgan fingerprint density at radius 3 is 2.39 bits per heavy atom. The molecule has 28 heavy (non-hydrogen) atoms. The number of aryl methyl sites for hydroxylation is 1. The maximum Gasteiger partial charge on any atom is 0.154 e. The number of amidine groups is 1. The molecule has 0 fully saturated rings. The number of fused-ring (bicyclic) bond motifs is 1. The van der Waals surface area contributed by atoms with E-state index in [0.717, 1.165) is 22.3 Å². The molecule has 0 aliphatic carbocycles. The molecule has 2 N–H and O–H groups in total. The third-order valence-electron chi connectivity index (χ3n) is 4.09. The summed E-state index contributed by atoms with van der Waals surface area (Å²) in [5, 5.41) is 4.33. The summed E-state index contributed by atoms with van der Waals surface area (Å²) in [4.78, 5) is 12.4. The third-order valence-corrected chi connectivity index (χ3v) is 4.09. The topological polar surface area (TPSA) is 65.4 Å². The molecule has 0 aliphatic heterocycles. The number of hydrogen-bond donors (Lipinski definition) is 2. The minimum atomic E-state index is 0. The first-order valence-corrected chi connectivity index (χ1v) is 8.72. The Labute approximate surface area is 169 Å². The average Bonchev–Trinajstić information content (AvgIpc) is 3.12. The van der Waals surface area contributed by atoms with Crippen molar-refractivity contribution in [1.82, 2.24) is 15.4 Å². The number of imidazole rings is 1. The fraction of sp³-hybridized carbons (Fsp3) is 0.0455. The summed E-state index contributed by atoms with van der Waals surface area (Å²) >= 11 is 0. The van der Waals surface area contributed by atoms with Gasteiger partial charge < -0.3 is 4.98 Å². The normalized spacial score (nSPS) is 11.5. The minimum absolute atomic E-state index is 0. The fourth-order valence-electron chi connectivity index (χ4n) is 2.69. The lowest BCUT2D eigenvalue weighted by Gasteiger charge is -2.06. The summed E-state index contributed by atoms with van der Waals surface area (Å²) in [6.45, 7) is 2.06. The van der Waals surface area contributed by atoms with Crippen LogP contribution in [0, 0.1) is 6.92 Å². The van der Waals surface area contributed by atoms with Crippen LogP contribution in [0.4, 0.5) is 5.69 Å². The summed E-state index contributed by atoms with van der Waals surface area (Å²) in [6.07, 6.45) is 1.66. The molecule has 0 saturated carbocycles. The van der Waals surface area contributed by atoms with Crippen LogP contribution in [0.2, 0.25) is 0 Å². The number of hydrazone groups is 1. The molecule has 0 amide bonds. The molecule has 0 atom stereocenters. The predicted octanol–water partition coefficient (Wildman–Crippen LogP) is 5.00. The van der Waals surface area contributed by atoms with E-state index in [2.05, 4.69) is 27.4 Å². The van der Waals surface area contributed by atoms with E-state index in [0.29, 0.717) is 11.7 Å². The summed E-state index contributed by atoms with van der Waals surface area (Å²) < 4.78 is 0. The zero-order valence-corrected chi connectivity index (χ0v) is 16.1. The molecule has 4 rings (SSSR count). The van der Waals surface area contributed by atoms with Crippen LogP contribution in [-0.4, -0.2) is 22.0 Å². The second kappa shape index (κ2) is 8.97. The van der Waals surface area contributed by atoms with Crippen LogP contribution < -0.4 is 5.43 Å². The zero-order chi connectivity index (χ0) is 18.5. The first-order chi connectivity index (χ1) is 13.3. The lowest BCUT2D eigenvalue weighted by Crippen LogP contribution is -2.19. The van der Waals surface area contributed by atoms with Gasteiger partial charge in [0, 0.05) is 5.56 Å². The van der Waals surface area contributed by atoms with Crippen LogP contribution in [0.25, 0.3) is 11.0 Å². The molecule has 140 valence electrons. The van der Waals surface area contributed by atoms with Gasteiger partial charge in [-0.05, 0) is 31.2 Å². The number of nitrogens with one attached hydrogen (secondary N) is 2. The van der Waals surface area contributed by atoms with E-state index in [9.17, 15) is 0 Å². The molecular formula is C22H20ClN5. The third kappa shape index (κ3) is 4.64. The van der Waals surface area contributed by atoms with Gasteiger partial charge in [-0.25, -0.2) is 9.98 Å². The van der Waals surface area contributed by atoms with Crippen molar-refractivity contribution in [3.63, 3.8) is 0 Å². The van der Waals surface area contributed by atoms with Crippen molar-refractivity contribution in [3.8, 4) is 0 Å². The van der Waals surface area contributed by atoms with Crippen molar-refractivity contribution in [3.05, 3.63) is 95.8 Å². The lowest BCUT2D eigenvalue weighted by molar-refractivity contribution is 1.03. The SMILES string of the molecule is Cc1ccc(N=C(N/N=C/c2nc3ccccc3[nH]2)c2ccccc2)cc1.Cl. The largest absolute Gasteiger partial charge is 0.337 e. The van der Waals surface area contributed by atoms with Gasteiger partial charge in [0.1, 0.15) is 0 Å². The number of nitrogens with zero attached hydrogens (tertiary/aromatic N) is 3. The van der Waals surface area contributed by atoms with Gasteiger partial charge in [-0.15, -0.1) is 12.4 Å². The highest BCUT2D eigenvalue weighted by atomic mass is 35.5. The Kier molecular flexibility index (Phi) is 6.19. The van der Waals surface area contributed by atoms with Crippen LogP contribution in [0.3, 0.4) is 0 Å². The second-order valence-corrected chi connectivity index (χ2v) is 6.17. The average molecular weight is 390 g/mol. The molecular weight excluding hydrogens is 370 g/mol. The highest BCUT2D eigenvalue weighted by molar-refractivity contribution is 6.00. The zero-order valence-electron chi connectivity index (χ0n) is 15.3. The number of aromatic nitrogens is 2. The maximum atomic E-state index is 4.71. The second-order valence-electron chi connectivity index (χ2n) is 6.17. The van der Waals surface area contributed by atoms with E-state index >= 15 is 0 Å². The smallest absolute Gasteiger partial charge is 0.154 e. The number of para-hydroxylation sites is 2.